The zero-order chi connectivity index (χ0) is 29.0. The molecule has 216 valence electrons. The van der Waals surface area contributed by atoms with Gasteiger partial charge in [-0.3, -0.25) is 0 Å². The smallest absolute Gasteiger partial charge is 0.321 e. The molecule has 2 aromatic carbocycles. The number of urea groups is 1. The number of likely N-dealkylation sites (tertiary alicyclic amines) is 1. The highest BCUT2D eigenvalue weighted by molar-refractivity contribution is 5.76. The van der Waals surface area contributed by atoms with Crippen molar-refractivity contribution in [2.24, 2.45) is 11.1 Å². The second kappa shape index (κ2) is 12.4. The first-order valence-electron chi connectivity index (χ1n) is 13.5. The molecule has 1 fully saturated rings. The molecule has 1 aliphatic rings. The number of aliphatic hydroxyl groups is 1. The van der Waals surface area contributed by atoms with Crippen molar-refractivity contribution in [2.75, 3.05) is 26.2 Å². The van der Waals surface area contributed by atoms with E-state index in [1.54, 1.807) is 9.58 Å². The molecule has 1 saturated heterocycles. The van der Waals surface area contributed by atoms with Gasteiger partial charge in [-0.05, 0) is 42.0 Å². The number of aromatic nitrogens is 3. The summed E-state index contributed by atoms with van der Waals surface area (Å²) in [6.07, 6.45) is -0.164. The standard InChI is InChI=1S/C29H37F3N6O2/c1-29(2,3)25(37(17-21(31)15-33)28(40)36-13-7-10-22(36)18-39)27-34-26(23-14-20(30)11-12-24(23)32)35-38(27)16-19-8-5-4-6-9-19/h4-6,8-9,11-12,14,21-22,25,39H,7,10,13,15-18,33H2,1-3H3/t21-,22+,25+/m1/s1. The maximum Gasteiger partial charge on any atom is 0.321 e. The van der Waals surface area contributed by atoms with Crippen LogP contribution in [0.5, 0.6) is 0 Å². The van der Waals surface area contributed by atoms with E-state index < -0.39 is 35.3 Å². The predicted molar refractivity (Wildman–Crippen MR) is 146 cm³/mol. The molecule has 0 saturated carbocycles. The van der Waals surface area contributed by atoms with E-state index in [2.05, 4.69) is 10.1 Å². The molecular weight excluding hydrogens is 521 g/mol. The van der Waals surface area contributed by atoms with Crippen LogP contribution >= 0.6 is 0 Å². The molecule has 3 aromatic rings. The molecule has 8 nitrogen and oxygen atoms in total. The second-order valence-corrected chi connectivity index (χ2v) is 11.3. The lowest BCUT2D eigenvalue weighted by Gasteiger charge is -2.42. The first-order valence-corrected chi connectivity index (χ1v) is 13.5. The molecular formula is C29H37F3N6O2. The molecule has 11 heteroatoms. The van der Waals surface area contributed by atoms with Crippen molar-refractivity contribution in [3.63, 3.8) is 0 Å². The molecule has 1 aromatic heterocycles. The number of nitrogens with two attached hydrogens (primary N) is 1. The Hall–Kier alpha value is -3.44. The summed E-state index contributed by atoms with van der Waals surface area (Å²) in [4.78, 5) is 21.7. The van der Waals surface area contributed by atoms with E-state index in [1.165, 1.54) is 4.90 Å². The minimum absolute atomic E-state index is 0.0467. The summed E-state index contributed by atoms with van der Waals surface area (Å²) in [5, 5.41) is 14.5. The van der Waals surface area contributed by atoms with Crippen LogP contribution in [0.3, 0.4) is 0 Å². The number of carbonyl (C=O) groups excluding carboxylic acids is 1. The average Bonchev–Trinajstić information content (AvgIpc) is 3.56. The van der Waals surface area contributed by atoms with Crippen LogP contribution in [0.2, 0.25) is 0 Å². The third-order valence-corrected chi connectivity index (χ3v) is 7.15. The zero-order valence-corrected chi connectivity index (χ0v) is 23.1. The van der Waals surface area contributed by atoms with Gasteiger partial charge in [0.2, 0.25) is 0 Å². The van der Waals surface area contributed by atoms with E-state index in [-0.39, 0.29) is 43.7 Å². The first-order chi connectivity index (χ1) is 19.0. The summed E-state index contributed by atoms with van der Waals surface area (Å²) < 4.78 is 45.5. The zero-order valence-electron chi connectivity index (χ0n) is 23.1. The Bertz CT molecular complexity index is 1300. The fraction of sp³-hybridized carbons (Fsp3) is 0.483. The van der Waals surface area contributed by atoms with Gasteiger partial charge in [0, 0.05) is 13.1 Å². The van der Waals surface area contributed by atoms with Crippen LogP contribution < -0.4 is 5.73 Å². The van der Waals surface area contributed by atoms with Crippen LogP contribution in [0.1, 0.15) is 51.0 Å². The van der Waals surface area contributed by atoms with Crippen molar-refractivity contribution in [1.29, 1.82) is 0 Å². The number of alkyl halides is 1. The number of hydrogen-bond donors (Lipinski definition) is 2. The third-order valence-electron chi connectivity index (χ3n) is 7.15. The number of aliphatic hydroxyl groups excluding tert-OH is 1. The predicted octanol–water partition coefficient (Wildman–Crippen LogP) is 4.53. The summed E-state index contributed by atoms with van der Waals surface area (Å²) in [6, 6.07) is 10.8. The van der Waals surface area contributed by atoms with E-state index in [1.807, 2.05) is 51.1 Å². The van der Waals surface area contributed by atoms with Gasteiger partial charge in [0.15, 0.2) is 11.6 Å². The number of rotatable bonds is 9. The molecule has 0 spiro atoms. The quantitative estimate of drug-likeness (QED) is 0.402. The Balaban J connectivity index is 1.89. The van der Waals surface area contributed by atoms with Crippen molar-refractivity contribution in [3.05, 3.63) is 71.6 Å². The van der Waals surface area contributed by atoms with Crippen LogP contribution in [-0.4, -0.2) is 74.2 Å². The molecule has 3 atom stereocenters. The maximum absolute atomic E-state index is 15.0. The first kappa shape index (κ1) is 29.5. The summed E-state index contributed by atoms with van der Waals surface area (Å²) in [7, 11) is 0. The number of amides is 2. The fourth-order valence-electron chi connectivity index (χ4n) is 5.23. The highest BCUT2D eigenvalue weighted by Gasteiger charge is 2.43. The van der Waals surface area contributed by atoms with Crippen LogP contribution in [-0.2, 0) is 6.54 Å². The summed E-state index contributed by atoms with van der Waals surface area (Å²) in [5.41, 5.74) is 5.69. The molecule has 0 bridgehead atoms. The molecule has 0 radical (unpaired) electrons. The van der Waals surface area contributed by atoms with E-state index in [0.717, 1.165) is 23.8 Å². The van der Waals surface area contributed by atoms with E-state index >= 15 is 0 Å². The molecule has 40 heavy (non-hydrogen) atoms. The van der Waals surface area contributed by atoms with Crippen molar-refractivity contribution in [2.45, 2.75) is 58.4 Å². The maximum atomic E-state index is 15.0. The van der Waals surface area contributed by atoms with Gasteiger partial charge in [-0.15, -0.1) is 0 Å². The summed E-state index contributed by atoms with van der Waals surface area (Å²) in [5.74, 6) is -1.09. The van der Waals surface area contributed by atoms with Crippen molar-refractivity contribution in [1.82, 2.24) is 24.6 Å². The van der Waals surface area contributed by atoms with Gasteiger partial charge < -0.3 is 20.6 Å². The summed E-state index contributed by atoms with van der Waals surface area (Å²) >= 11 is 0. The fourth-order valence-corrected chi connectivity index (χ4v) is 5.23. The number of halogens is 3. The van der Waals surface area contributed by atoms with Gasteiger partial charge >= 0.3 is 6.03 Å². The van der Waals surface area contributed by atoms with Crippen LogP contribution in [0.4, 0.5) is 18.0 Å². The Morgan fingerprint density at radius 1 is 1.20 bits per heavy atom. The van der Waals surface area contributed by atoms with Gasteiger partial charge in [0.1, 0.15) is 17.8 Å². The van der Waals surface area contributed by atoms with Gasteiger partial charge in [-0.25, -0.2) is 27.6 Å². The minimum Gasteiger partial charge on any atom is -0.394 e. The largest absolute Gasteiger partial charge is 0.394 e. The number of carbonyl (C=O) groups is 1. The molecule has 0 unspecified atom stereocenters. The van der Waals surface area contributed by atoms with Gasteiger partial charge in [0.05, 0.1) is 37.3 Å². The van der Waals surface area contributed by atoms with Crippen LogP contribution in [0.25, 0.3) is 11.4 Å². The molecule has 1 aliphatic heterocycles. The molecule has 0 aliphatic carbocycles. The Labute approximate surface area is 232 Å². The van der Waals surface area contributed by atoms with Crippen LogP contribution in [0, 0.1) is 17.0 Å². The van der Waals surface area contributed by atoms with E-state index in [0.29, 0.717) is 25.2 Å². The van der Waals surface area contributed by atoms with Crippen molar-refractivity contribution in [3.8, 4) is 11.4 Å². The molecule has 2 heterocycles. The summed E-state index contributed by atoms with van der Waals surface area (Å²) in [6.45, 7) is 5.53. The van der Waals surface area contributed by atoms with Gasteiger partial charge in [-0.1, -0.05) is 51.1 Å². The highest BCUT2D eigenvalue weighted by Crippen LogP contribution is 2.40. The Kier molecular flexibility index (Phi) is 9.15. The lowest BCUT2D eigenvalue weighted by molar-refractivity contribution is 0.0590. The second-order valence-electron chi connectivity index (χ2n) is 11.3. The monoisotopic (exact) mass is 558 g/mol. The highest BCUT2D eigenvalue weighted by atomic mass is 19.1. The van der Waals surface area contributed by atoms with Gasteiger partial charge in [0.25, 0.3) is 0 Å². The van der Waals surface area contributed by atoms with Gasteiger partial charge in [-0.2, -0.15) is 5.10 Å². The Morgan fingerprint density at radius 3 is 2.58 bits per heavy atom. The topological polar surface area (TPSA) is 101 Å². The normalized spacial score (nSPS) is 17.2. The molecule has 2 amide bonds. The average molecular weight is 559 g/mol. The lowest BCUT2D eigenvalue weighted by atomic mass is 9.84. The third kappa shape index (κ3) is 6.47. The molecule has 4 rings (SSSR count). The number of benzene rings is 2. The minimum atomic E-state index is -1.52. The SMILES string of the molecule is CC(C)(C)[C@H](c1nc(-c2cc(F)ccc2F)nn1Cc1ccccc1)N(C[C@H](F)CN)C(=O)N1CCC[C@H]1CO. The molecule has 3 N–H and O–H groups in total. The van der Waals surface area contributed by atoms with E-state index in [9.17, 15) is 23.1 Å². The van der Waals surface area contributed by atoms with Crippen molar-refractivity contribution >= 4 is 6.03 Å². The van der Waals surface area contributed by atoms with Crippen molar-refractivity contribution < 1.29 is 23.1 Å². The van der Waals surface area contributed by atoms with E-state index in [4.69, 9.17) is 5.73 Å². The number of nitrogens with zero attached hydrogens (tertiary/aromatic N) is 5. The Morgan fingerprint density at radius 2 is 1.93 bits per heavy atom. The number of hydrogen-bond acceptors (Lipinski definition) is 5. The van der Waals surface area contributed by atoms with Crippen LogP contribution in [0.15, 0.2) is 48.5 Å². The lowest BCUT2D eigenvalue weighted by Crippen LogP contribution is -2.53.